The highest BCUT2D eigenvalue weighted by atomic mass is 35.5. The molecule has 0 saturated heterocycles. The number of nitrogens with one attached hydrogen (secondary N) is 1. The molecule has 110 valence electrons. The Morgan fingerprint density at radius 1 is 1.10 bits per heavy atom. The van der Waals surface area contributed by atoms with Crippen LogP contribution in [0.5, 0.6) is 0 Å². The zero-order valence-electron chi connectivity index (χ0n) is 10.2. The van der Waals surface area contributed by atoms with Gasteiger partial charge in [-0.15, -0.1) is 0 Å². The lowest BCUT2D eigenvalue weighted by molar-refractivity contribution is -0.137. The average molecular weight is 335 g/mol. The van der Waals surface area contributed by atoms with Gasteiger partial charge in [0.2, 0.25) is 0 Å². The largest absolute Gasteiger partial charge is 0.416 e. The van der Waals surface area contributed by atoms with E-state index in [4.69, 9.17) is 23.2 Å². The number of alkyl halides is 3. The molecule has 21 heavy (non-hydrogen) atoms. The van der Waals surface area contributed by atoms with Gasteiger partial charge in [0.05, 0.1) is 5.56 Å². The van der Waals surface area contributed by atoms with E-state index < -0.39 is 17.6 Å². The van der Waals surface area contributed by atoms with Crippen molar-refractivity contribution in [3.8, 4) is 0 Å². The first-order valence-corrected chi connectivity index (χ1v) is 6.33. The summed E-state index contributed by atoms with van der Waals surface area (Å²) in [6, 6.07) is 6.81. The zero-order chi connectivity index (χ0) is 15.6. The van der Waals surface area contributed by atoms with Gasteiger partial charge in [-0.1, -0.05) is 29.3 Å². The maximum Gasteiger partial charge on any atom is 0.416 e. The fourth-order valence-corrected chi connectivity index (χ4v) is 2.03. The molecule has 0 aliphatic carbocycles. The van der Waals surface area contributed by atoms with Gasteiger partial charge in [0, 0.05) is 11.3 Å². The summed E-state index contributed by atoms with van der Waals surface area (Å²) in [5, 5.41) is 2.36. The lowest BCUT2D eigenvalue weighted by atomic mass is 10.2. The van der Waals surface area contributed by atoms with Crippen LogP contribution in [0.1, 0.15) is 15.9 Å². The van der Waals surface area contributed by atoms with Gasteiger partial charge in [0.15, 0.2) is 0 Å². The molecule has 0 radical (unpaired) electrons. The number of aromatic nitrogens is 1. The number of amides is 1. The summed E-state index contributed by atoms with van der Waals surface area (Å²) in [4.78, 5) is 15.6. The molecule has 3 nitrogen and oxygen atoms in total. The number of anilines is 1. The first-order valence-electron chi connectivity index (χ1n) is 5.57. The summed E-state index contributed by atoms with van der Waals surface area (Å²) in [5.41, 5.74) is -0.748. The molecule has 0 bridgehead atoms. The summed E-state index contributed by atoms with van der Waals surface area (Å²) < 4.78 is 37.7. The van der Waals surface area contributed by atoms with Crippen molar-refractivity contribution in [1.82, 2.24) is 4.98 Å². The van der Waals surface area contributed by atoms with Crippen LogP contribution in [0.25, 0.3) is 0 Å². The highest BCUT2D eigenvalue weighted by Gasteiger charge is 2.30. The number of rotatable bonds is 2. The molecule has 0 saturated carbocycles. The molecule has 1 amide bonds. The number of pyridine rings is 1. The fourth-order valence-electron chi connectivity index (χ4n) is 1.57. The first kappa shape index (κ1) is 15.6. The van der Waals surface area contributed by atoms with Crippen LogP contribution in [0.2, 0.25) is 10.3 Å². The maximum atomic E-state index is 12.6. The smallest absolute Gasteiger partial charge is 0.322 e. The highest BCUT2D eigenvalue weighted by molar-refractivity contribution is 6.33. The molecule has 1 aromatic heterocycles. The van der Waals surface area contributed by atoms with E-state index in [0.717, 1.165) is 12.1 Å². The molecule has 1 aromatic carbocycles. The molecule has 1 N–H and O–H groups in total. The van der Waals surface area contributed by atoms with Crippen LogP contribution >= 0.6 is 23.2 Å². The van der Waals surface area contributed by atoms with E-state index in [2.05, 4.69) is 10.3 Å². The van der Waals surface area contributed by atoms with Crippen molar-refractivity contribution in [2.24, 2.45) is 0 Å². The van der Waals surface area contributed by atoms with E-state index in [1.54, 1.807) is 0 Å². The Hall–Kier alpha value is -1.79. The molecule has 1 heterocycles. The van der Waals surface area contributed by atoms with E-state index in [1.165, 1.54) is 24.3 Å². The van der Waals surface area contributed by atoms with Crippen molar-refractivity contribution in [3.63, 3.8) is 0 Å². The normalized spacial score (nSPS) is 11.3. The van der Waals surface area contributed by atoms with Crippen molar-refractivity contribution in [3.05, 3.63) is 57.8 Å². The number of hydrogen-bond acceptors (Lipinski definition) is 2. The second-order valence-corrected chi connectivity index (χ2v) is 4.81. The van der Waals surface area contributed by atoms with Crippen LogP contribution in [0.4, 0.5) is 18.9 Å². The SMILES string of the molecule is O=C(Nc1cccc(C(F)(F)F)c1)c1cc(Cl)nc(Cl)c1. The average Bonchev–Trinajstić information content (AvgIpc) is 2.37. The molecule has 0 unspecified atom stereocenters. The van der Waals surface area contributed by atoms with E-state index in [-0.39, 0.29) is 21.6 Å². The molecular weight excluding hydrogens is 328 g/mol. The van der Waals surface area contributed by atoms with Crippen LogP contribution in [0, 0.1) is 0 Å². The topological polar surface area (TPSA) is 42.0 Å². The van der Waals surface area contributed by atoms with Crippen LogP contribution in [0.3, 0.4) is 0 Å². The van der Waals surface area contributed by atoms with Crippen LogP contribution < -0.4 is 5.32 Å². The van der Waals surface area contributed by atoms with E-state index in [1.807, 2.05) is 0 Å². The molecule has 0 fully saturated rings. The van der Waals surface area contributed by atoms with Crippen molar-refractivity contribution < 1.29 is 18.0 Å². The Balaban J connectivity index is 2.23. The maximum absolute atomic E-state index is 12.6. The predicted octanol–water partition coefficient (Wildman–Crippen LogP) is 4.66. The van der Waals surface area contributed by atoms with Crippen LogP contribution in [0.15, 0.2) is 36.4 Å². The van der Waals surface area contributed by atoms with Crippen molar-refractivity contribution in [2.75, 3.05) is 5.32 Å². The van der Waals surface area contributed by atoms with Gasteiger partial charge in [-0.3, -0.25) is 4.79 Å². The van der Waals surface area contributed by atoms with Crippen molar-refractivity contribution >= 4 is 34.8 Å². The lowest BCUT2D eigenvalue weighted by Gasteiger charge is -2.10. The summed E-state index contributed by atoms with van der Waals surface area (Å²) in [6.45, 7) is 0. The second kappa shape index (κ2) is 5.91. The molecule has 0 aliphatic rings. The molecule has 0 spiro atoms. The number of nitrogens with zero attached hydrogens (tertiary/aromatic N) is 1. The Labute approximate surface area is 127 Å². The minimum absolute atomic E-state index is 0.0108. The standard InChI is InChI=1S/C13H7Cl2F3N2O/c14-10-4-7(5-11(15)20-10)12(21)19-9-3-1-2-8(6-9)13(16,17)18/h1-6H,(H,19,21). The first-order chi connectivity index (χ1) is 9.75. The predicted molar refractivity (Wildman–Crippen MR) is 73.7 cm³/mol. The van der Waals surface area contributed by atoms with Crippen molar-refractivity contribution in [1.29, 1.82) is 0 Å². The van der Waals surface area contributed by atoms with Gasteiger partial charge < -0.3 is 5.32 Å². The van der Waals surface area contributed by atoms with Gasteiger partial charge in [-0.2, -0.15) is 13.2 Å². The highest BCUT2D eigenvalue weighted by Crippen LogP contribution is 2.30. The van der Waals surface area contributed by atoms with E-state index >= 15 is 0 Å². The summed E-state index contributed by atoms with van der Waals surface area (Å²) in [6.07, 6.45) is -4.48. The van der Waals surface area contributed by atoms with Gasteiger partial charge in [-0.25, -0.2) is 4.98 Å². The number of carbonyl (C=O) groups excluding carboxylic acids is 1. The monoisotopic (exact) mass is 334 g/mol. The van der Waals surface area contributed by atoms with Crippen LogP contribution in [-0.2, 0) is 6.18 Å². The minimum atomic E-state index is -4.48. The minimum Gasteiger partial charge on any atom is -0.322 e. The number of halogens is 5. The van der Waals surface area contributed by atoms with Crippen LogP contribution in [-0.4, -0.2) is 10.9 Å². The second-order valence-electron chi connectivity index (χ2n) is 4.03. The number of hydrogen-bond donors (Lipinski definition) is 1. The molecule has 2 aromatic rings. The summed E-state index contributed by atoms with van der Waals surface area (Å²) >= 11 is 11.3. The number of carbonyl (C=O) groups is 1. The lowest BCUT2D eigenvalue weighted by Crippen LogP contribution is -2.13. The number of benzene rings is 1. The van der Waals surface area contributed by atoms with E-state index in [0.29, 0.717) is 0 Å². The third-order valence-corrected chi connectivity index (χ3v) is 2.86. The van der Waals surface area contributed by atoms with Crippen molar-refractivity contribution in [2.45, 2.75) is 6.18 Å². The molecular formula is C13H7Cl2F3N2O. The Morgan fingerprint density at radius 2 is 1.71 bits per heavy atom. The Bertz CT molecular complexity index is 669. The molecule has 2 rings (SSSR count). The summed E-state index contributed by atoms with van der Waals surface area (Å²) in [7, 11) is 0. The molecule has 0 aliphatic heterocycles. The summed E-state index contributed by atoms with van der Waals surface area (Å²) in [5.74, 6) is -0.638. The van der Waals surface area contributed by atoms with Gasteiger partial charge in [0.25, 0.3) is 5.91 Å². The van der Waals surface area contributed by atoms with Gasteiger partial charge >= 0.3 is 6.18 Å². The van der Waals surface area contributed by atoms with Gasteiger partial charge in [-0.05, 0) is 30.3 Å². The zero-order valence-corrected chi connectivity index (χ0v) is 11.7. The third kappa shape index (κ3) is 4.09. The Kier molecular flexibility index (Phi) is 4.39. The third-order valence-electron chi connectivity index (χ3n) is 2.47. The van der Waals surface area contributed by atoms with Gasteiger partial charge in [0.1, 0.15) is 10.3 Å². The molecule has 0 atom stereocenters. The Morgan fingerprint density at radius 3 is 2.29 bits per heavy atom. The molecule has 8 heteroatoms. The van der Waals surface area contributed by atoms with E-state index in [9.17, 15) is 18.0 Å². The fraction of sp³-hybridized carbons (Fsp3) is 0.0769. The quantitative estimate of drug-likeness (QED) is 0.811.